The van der Waals surface area contributed by atoms with Crippen LogP contribution in [0.2, 0.25) is 0 Å². The standard InChI is InChI=1S/C21H28N6O3S/c1-12-10-16(27(11-12)13(2)28)19(30)25-15(7-5-9-24-21(22)23)18(29)20-26-14-6-3-4-8-17(14)31-20/h3-4,6,8,12,15-16H,5,7,9-11H2,1-2H3,(H,25,30)(H4,22,23,24)/t12-,15?,16+/m1/s1. The Balaban J connectivity index is 1.78. The number of likely N-dealkylation sites (tertiary alicyclic amines) is 1. The number of benzene rings is 1. The number of ketones is 1. The average molecular weight is 445 g/mol. The molecule has 1 aliphatic heterocycles. The predicted molar refractivity (Wildman–Crippen MR) is 121 cm³/mol. The summed E-state index contributed by atoms with van der Waals surface area (Å²) in [5, 5.41) is 3.21. The molecule has 0 saturated carbocycles. The van der Waals surface area contributed by atoms with Crippen molar-refractivity contribution in [2.24, 2.45) is 22.4 Å². The number of guanidine groups is 1. The summed E-state index contributed by atoms with van der Waals surface area (Å²) in [5.41, 5.74) is 11.5. The van der Waals surface area contributed by atoms with E-state index in [0.29, 0.717) is 37.4 Å². The lowest BCUT2D eigenvalue weighted by molar-refractivity contribution is -0.137. The van der Waals surface area contributed by atoms with Gasteiger partial charge < -0.3 is 21.7 Å². The van der Waals surface area contributed by atoms with Crippen molar-refractivity contribution in [3.05, 3.63) is 29.3 Å². The lowest BCUT2D eigenvalue weighted by Crippen LogP contribution is -2.50. The van der Waals surface area contributed by atoms with Gasteiger partial charge in [-0.2, -0.15) is 0 Å². The number of thiazole rings is 1. The third-order valence-corrected chi connectivity index (χ3v) is 6.35. The fourth-order valence-electron chi connectivity index (χ4n) is 3.81. The van der Waals surface area contributed by atoms with Crippen molar-refractivity contribution >= 4 is 45.1 Å². The van der Waals surface area contributed by atoms with Crippen LogP contribution in [0, 0.1) is 5.92 Å². The Morgan fingerprint density at radius 1 is 1.32 bits per heavy atom. The second-order valence-corrected chi connectivity index (χ2v) is 8.92. The molecule has 3 rings (SSSR count). The Morgan fingerprint density at radius 3 is 2.74 bits per heavy atom. The van der Waals surface area contributed by atoms with Gasteiger partial charge in [-0.1, -0.05) is 19.1 Å². The van der Waals surface area contributed by atoms with Gasteiger partial charge in [0, 0.05) is 20.0 Å². The van der Waals surface area contributed by atoms with Crippen LogP contribution < -0.4 is 16.8 Å². The summed E-state index contributed by atoms with van der Waals surface area (Å²) < 4.78 is 0.906. The fourth-order valence-corrected chi connectivity index (χ4v) is 4.77. The molecule has 1 aromatic heterocycles. The van der Waals surface area contributed by atoms with Gasteiger partial charge in [0.25, 0.3) is 0 Å². The molecule has 9 nitrogen and oxygen atoms in total. The van der Waals surface area contributed by atoms with Gasteiger partial charge in [0.15, 0.2) is 11.0 Å². The van der Waals surface area contributed by atoms with Crippen LogP contribution in [0.5, 0.6) is 0 Å². The molecule has 0 spiro atoms. The number of aliphatic imine (C=N–C) groups is 1. The number of nitrogens with two attached hydrogens (primary N) is 2. The zero-order valence-corrected chi connectivity index (χ0v) is 18.5. The van der Waals surface area contributed by atoms with E-state index in [1.807, 2.05) is 31.2 Å². The largest absolute Gasteiger partial charge is 0.370 e. The number of hydrogen-bond donors (Lipinski definition) is 3. The van der Waals surface area contributed by atoms with E-state index in [4.69, 9.17) is 11.5 Å². The number of amides is 2. The van der Waals surface area contributed by atoms with Crippen LogP contribution in [0.3, 0.4) is 0 Å². The van der Waals surface area contributed by atoms with Crippen LogP contribution in [-0.4, -0.2) is 58.6 Å². The number of nitrogens with one attached hydrogen (secondary N) is 1. The average Bonchev–Trinajstić information content (AvgIpc) is 3.33. The van der Waals surface area contributed by atoms with Gasteiger partial charge in [-0.05, 0) is 37.3 Å². The van der Waals surface area contributed by atoms with Crippen LogP contribution in [0.4, 0.5) is 0 Å². The molecule has 31 heavy (non-hydrogen) atoms. The van der Waals surface area contributed by atoms with Crippen molar-refractivity contribution in [2.45, 2.75) is 45.2 Å². The van der Waals surface area contributed by atoms with E-state index in [0.717, 1.165) is 10.2 Å². The first-order chi connectivity index (χ1) is 14.8. The number of carbonyl (C=O) groups is 3. The van der Waals surface area contributed by atoms with Gasteiger partial charge in [-0.15, -0.1) is 11.3 Å². The van der Waals surface area contributed by atoms with Gasteiger partial charge in [0.1, 0.15) is 6.04 Å². The molecule has 1 saturated heterocycles. The van der Waals surface area contributed by atoms with Crippen molar-refractivity contribution < 1.29 is 14.4 Å². The van der Waals surface area contributed by atoms with Crippen molar-refractivity contribution in [2.75, 3.05) is 13.1 Å². The Labute approximate surface area is 184 Å². The number of Topliss-reactive ketones (excluding diaryl/α,β-unsaturated/α-hetero) is 1. The number of hydrogen-bond acceptors (Lipinski definition) is 6. The van der Waals surface area contributed by atoms with Crippen LogP contribution in [-0.2, 0) is 9.59 Å². The molecule has 10 heteroatoms. The summed E-state index contributed by atoms with van der Waals surface area (Å²) in [4.78, 5) is 48.2. The van der Waals surface area contributed by atoms with Crippen molar-refractivity contribution in [3.8, 4) is 0 Å². The minimum absolute atomic E-state index is 0.0184. The highest BCUT2D eigenvalue weighted by molar-refractivity contribution is 7.20. The van der Waals surface area contributed by atoms with E-state index in [9.17, 15) is 14.4 Å². The first kappa shape index (κ1) is 22.7. The summed E-state index contributed by atoms with van der Waals surface area (Å²) in [7, 11) is 0. The van der Waals surface area contributed by atoms with Crippen LogP contribution >= 0.6 is 11.3 Å². The van der Waals surface area contributed by atoms with E-state index < -0.39 is 12.1 Å². The van der Waals surface area contributed by atoms with Gasteiger partial charge in [-0.25, -0.2) is 4.98 Å². The zero-order chi connectivity index (χ0) is 22.5. The second-order valence-electron chi connectivity index (χ2n) is 7.89. The summed E-state index contributed by atoms with van der Waals surface area (Å²) in [6.07, 6.45) is 1.44. The molecule has 2 aromatic rings. The highest BCUT2D eigenvalue weighted by Crippen LogP contribution is 2.25. The second kappa shape index (κ2) is 9.86. The summed E-state index contributed by atoms with van der Waals surface area (Å²) in [6.45, 7) is 4.34. The molecule has 3 atom stereocenters. The lowest BCUT2D eigenvalue weighted by atomic mass is 10.0. The molecule has 0 bridgehead atoms. The summed E-state index contributed by atoms with van der Waals surface area (Å²) in [5.74, 6) is -0.512. The molecule has 1 aliphatic rings. The highest BCUT2D eigenvalue weighted by Gasteiger charge is 2.38. The summed E-state index contributed by atoms with van der Waals surface area (Å²) in [6, 6.07) is 6.16. The van der Waals surface area contributed by atoms with Crippen LogP contribution in [0.15, 0.2) is 29.3 Å². The molecule has 1 aromatic carbocycles. The molecular weight excluding hydrogens is 416 g/mol. The number of carbonyl (C=O) groups excluding carboxylic acids is 3. The topological polar surface area (TPSA) is 144 Å². The Bertz CT molecular complexity index is 967. The maximum atomic E-state index is 13.2. The quantitative estimate of drug-likeness (QED) is 0.242. The highest BCUT2D eigenvalue weighted by atomic mass is 32.1. The number of aromatic nitrogens is 1. The van der Waals surface area contributed by atoms with E-state index in [-0.39, 0.29) is 29.5 Å². The van der Waals surface area contributed by atoms with Gasteiger partial charge >= 0.3 is 0 Å². The minimum atomic E-state index is -0.771. The molecule has 1 fully saturated rings. The van der Waals surface area contributed by atoms with Crippen molar-refractivity contribution in [1.82, 2.24) is 15.2 Å². The maximum Gasteiger partial charge on any atom is 0.243 e. The third-order valence-electron chi connectivity index (χ3n) is 5.30. The first-order valence-corrected chi connectivity index (χ1v) is 11.1. The lowest BCUT2D eigenvalue weighted by Gasteiger charge is -2.25. The fraction of sp³-hybridized carbons (Fsp3) is 0.476. The molecule has 166 valence electrons. The molecule has 0 radical (unpaired) electrons. The Kier molecular flexibility index (Phi) is 7.21. The first-order valence-electron chi connectivity index (χ1n) is 10.3. The number of rotatable bonds is 8. The third kappa shape index (κ3) is 5.57. The maximum absolute atomic E-state index is 13.2. The van der Waals surface area contributed by atoms with E-state index in [2.05, 4.69) is 15.3 Å². The molecule has 2 heterocycles. The summed E-state index contributed by atoms with van der Waals surface area (Å²) >= 11 is 1.30. The van der Waals surface area contributed by atoms with Crippen LogP contribution in [0.1, 0.15) is 42.9 Å². The Hall–Kier alpha value is -3.01. The molecular formula is C21H28N6O3S. The van der Waals surface area contributed by atoms with Gasteiger partial charge in [0.2, 0.25) is 17.6 Å². The normalized spacial score (nSPS) is 19.2. The van der Waals surface area contributed by atoms with Crippen LogP contribution in [0.25, 0.3) is 10.2 Å². The van der Waals surface area contributed by atoms with E-state index in [1.54, 1.807) is 4.90 Å². The molecule has 1 unspecified atom stereocenters. The van der Waals surface area contributed by atoms with Crippen molar-refractivity contribution in [3.63, 3.8) is 0 Å². The van der Waals surface area contributed by atoms with Gasteiger partial charge in [-0.3, -0.25) is 19.4 Å². The van der Waals surface area contributed by atoms with Crippen molar-refractivity contribution in [1.29, 1.82) is 0 Å². The molecule has 2 amide bonds. The molecule has 5 N–H and O–H groups in total. The minimum Gasteiger partial charge on any atom is -0.370 e. The SMILES string of the molecule is CC(=O)N1C[C@H](C)C[C@H]1C(=O)NC(CCCN=C(N)N)C(=O)c1nc2ccccc2s1. The van der Waals surface area contributed by atoms with E-state index >= 15 is 0 Å². The smallest absolute Gasteiger partial charge is 0.243 e. The van der Waals surface area contributed by atoms with E-state index in [1.165, 1.54) is 18.3 Å². The zero-order valence-electron chi connectivity index (χ0n) is 17.7. The number of para-hydroxylation sites is 1. The Morgan fingerprint density at radius 2 is 2.06 bits per heavy atom. The van der Waals surface area contributed by atoms with Gasteiger partial charge in [0.05, 0.1) is 16.3 Å². The number of nitrogens with zero attached hydrogens (tertiary/aromatic N) is 3. The number of fused-ring (bicyclic) bond motifs is 1. The monoisotopic (exact) mass is 444 g/mol. The predicted octanol–water partition coefficient (Wildman–Crippen LogP) is 1.27. The molecule has 0 aliphatic carbocycles.